The highest BCUT2D eigenvalue weighted by Gasteiger charge is 2.30. The Morgan fingerprint density at radius 1 is 1.53 bits per heavy atom. The van der Waals surface area contributed by atoms with Crippen LogP contribution in [0.5, 0.6) is 0 Å². The molecule has 1 aliphatic rings. The van der Waals surface area contributed by atoms with E-state index in [1.807, 2.05) is 43.0 Å². The molecule has 1 aliphatic heterocycles. The van der Waals surface area contributed by atoms with Gasteiger partial charge in [-0.2, -0.15) is 0 Å². The third-order valence-corrected chi connectivity index (χ3v) is 3.57. The number of rotatable bonds is 4. The lowest BCUT2D eigenvalue weighted by molar-refractivity contribution is -0.135. The molecule has 104 valence electrons. The summed E-state index contributed by atoms with van der Waals surface area (Å²) in [4.78, 5) is 14.3. The molecule has 2 rings (SSSR count). The Balaban J connectivity index is 2.01. The summed E-state index contributed by atoms with van der Waals surface area (Å²) in [5.74, 6) is 0.199. The number of amides is 1. The summed E-state index contributed by atoms with van der Waals surface area (Å²) >= 11 is 0. The quantitative estimate of drug-likeness (QED) is 0.845. The predicted molar refractivity (Wildman–Crippen MR) is 75.5 cm³/mol. The predicted octanol–water partition coefficient (Wildman–Crippen LogP) is 2.04. The van der Waals surface area contributed by atoms with E-state index in [9.17, 15) is 4.79 Å². The third kappa shape index (κ3) is 3.47. The minimum atomic E-state index is 0.0102. The van der Waals surface area contributed by atoms with Crippen molar-refractivity contribution < 1.29 is 9.53 Å². The number of hydrogen-bond donors (Lipinski definition) is 1. The molecular weight excluding hydrogens is 240 g/mol. The fourth-order valence-corrected chi connectivity index (χ4v) is 2.50. The molecule has 1 fully saturated rings. The Labute approximate surface area is 114 Å². The molecule has 1 aromatic rings. The van der Waals surface area contributed by atoms with E-state index in [4.69, 9.17) is 10.5 Å². The van der Waals surface area contributed by atoms with Crippen LogP contribution in [-0.4, -0.2) is 30.1 Å². The molecule has 4 nitrogen and oxygen atoms in total. The number of benzene rings is 1. The smallest absolute Gasteiger partial charge is 0.228 e. The molecule has 0 bridgehead atoms. The zero-order valence-corrected chi connectivity index (χ0v) is 11.6. The minimum Gasteiger partial charge on any atom is -0.399 e. The summed E-state index contributed by atoms with van der Waals surface area (Å²) in [6.07, 6.45) is 1.02. The third-order valence-electron chi connectivity index (χ3n) is 3.57. The van der Waals surface area contributed by atoms with Crippen molar-refractivity contribution >= 4 is 11.6 Å². The van der Waals surface area contributed by atoms with Crippen molar-refractivity contribution in [2.75, 3.05) is 18.9 Å². The Morgan fingerprint density at radius 3 is 2.89 bits per heavy atom. The summed E-state index contributed by atoms with van der Waals surface area (Å²) in [5.41, 5.74) is 7.58. The molecule has 0 spiro atoms. The van der Waals surface area contributed by atoms with E-state index < -0.39 is 0 Å². The van der Waals surface area contributed by atoms with E-state index in [1.165, 1.54) is 0 Å². The van der Waals surface area contributed by atoms with Gasteiger partial charge in [-0.1, -0.05) is 12.1 Å². The molecule has 1 heterocycles. The SMILES string of the molecule is CCN(Cc1cccc(N)c1)C(=O)C1COC(C)C1. The summed E-state index contributed by atoms with van der Waals surface area (Å²) in [6, 6.07) is 7.70. The largest absolute Gasteiger partial charge is 0.399 e. The van der Waals surface area contributed by atoms with Gasteiger partial charge in [0, 0.05) is 18.8 Å². The molecule has 1 amide bonds. The molecular formula is C15H22N2O2. The molecule has 0 aliphatic carbocycles. The van der Waals surface area contributed by atoms with E-state index >= 15 is 0 Å². The van der Waals surface area contributed by atoms with Gasteiger partial charge in [-0.25, -0.2) is 0 Å². The van der Waals surface area contributed by atoms with Gasteiger partial charge in [0.25, 0.3) is 0 Å². The Hall–Kier alpha value is -1.55. The first-order valence-corrected chi connectivity index (χ1v) is 6.85. The number of nitrogens with zero attached hydrogens (tertiary/aromatic N) is 1. The molecule has 1 aromatic carbocycles. The standard InChI is InChI=1S/C15H22N2O2/c1-3-17(9-12-5-4-6-14(16)8-12)15(18)13-7-11(2)19-10-13/h4-6,8,11,13H,3,7,9-10,16H2,1-2H3. The van der Waals surface area contributed by atoms with Crippen LogP contribution in [-0.2, 0) is 16.1 Å². The van der Waals surface area contributed by atoms with Gasteiger partial charge < -0.3 is 15.4 Å². The maximum Gasteiger partial charge on any atom is 0.228 e. The van der Waals surface area contributed by atoms with Gasteiger partial charge in [0.1, 0.15) is 0 Å². The van der Waals surface area contributed by atoms with Crippen molar-refractivity contribution in [3.05, 3.63) is 29.8 Å². The van der Waals surface area contributed by atoms with Crippen molar-refractivity contribution in [1.29, 1.82) is 0 Å². The number of nitrogens with two attached hydrogens (primary N) is 1. The van der Waals surface area contributed by atoms with Gasteiger partial charge in [0.2, 0.25) is 5.91 Å². The number of carbonyl (C=O) groups is 1. The molecule has 0 saturated carbocycles. The lowest BCUT2D eigenvalue weighted by Crippen LogP contribution is -2.36. The van der Waals surface area contributed by atoms with Gasteiger partial charge in [0.15, 0.2) is 0 Å². The summed E-state index contributed by atoms with van der Waals surface area (Å²) in [6.45, 7) is 5.89. The molecule has 2 unspecified atom stereocenters. The first-order valence-electron chi connectivity index (χ1n) is 6.85. The van der Waals surface area contributed by atoms with Gasteiger partial charge in [0.05, 0.1) is 18.6 Å². The van der Waals surface area contributed by atoms with E-state index in [0.29, 0.717) is 19.7 Å². The van der Waals surface area contributed by atoms with E-state index in [0.717, 1.165) is 17.7 Å². The van der Waals surface area contributed by atoms with Gasteiger partial charge in [-0.3, -0.25) is 4.79 Å². The van der Waals surface area contributed by atoms with Crippen molar-refractivity contribution in [3.8, 4) is 0 Å². The highest BCUT2D eigenvalue weighted by atomic mass is 16.5. The minimum absolute atomic E-state index is 0.0102. The number of anilines is 1. The fraction of sp³-hybridized carbons (Fsp3) is 0.533. The summed E-state index contributed by atoms with van der Waals surface area (Å²) in [7, 11) is 0. The average molecular weight is 262 g/mol. The highest BCUT2D eigenvalue weighted by Crippen LogP contribution is 2.22. The van der Waals surface area contributed by atoms with Crippen LogP contribution in [0.4, 0.5) is 5.69 Å². The second-order valence-corrected chi connectivity index (χ2v) is 5.17. The summed E-state index contributed by atoms with van der Waals surface area (Å²) < 4.78 is 5.48. The summed E-state index contributed by atoms with van der Waals surface area (Å²) in [5, 5.41) is 0. The van der Waals surface area contributed by atoms with Crippen molar-refractivity contribution in [2.45, 2.75) is 32.9 Å². The Bertz CT molecular complexity index is 448. The van der Waals surface area contributed by atoms with Crippen LogP contribution in [0.2, 0.25) is 0 Å². The van der Waals surface area contributed by atoms with Gasteiger partial charge >= 0.3 is 0 Å². The van der Waals surface area contributed by atoms with Crippen LogP contribution in [0.1, 0.15) is 25.8 Å². The van der Waals surface area contributed by atoms with Crippen molar-refractivity contribution in [2.24, 2.45) is 5.92 Å². The van der Waals surface area contributed by atoms with Crippen molar-refractivity contribution in [1.82, 2.24) is 4.90 Å². The zero-order chi connectivity index (χ0) is 13.8. The average Bonchev–Trinajstić information content (AvgIpc) is 2.82. The first-order chi connectivity index (χ1) is 9.10. The highest BCUT2D eigenvalue weighted by molar-refractivity contribution is 5.79. The molecule has 2 atom stereocenters. The molecule has 2 N–H and O–H groups in total. The first kappa shape index (κ1) is 13.9. The van der Waals surface area contributed by atoms with E-state index in [2.05, 4.69) is 0 Å². The van der Waals surface area contributed by atoms with Crippen LogP contribution in [0.15, 0.2) is 24.3 Å². The molecule has 4 heteroatoms. The number of ether oxygens (including phenoxy) is 1. The van der Waals surface area contributed by atoms with E-state index in [-0.39, 0.29) is 17.9 Å². The topological polar surface area (TPSA) is 55.6 Å². The van der Waals surface area contributed by atoms with Gasteiger partial charge in [-0.05, 0) is 38.0 Å². The maximum absolute atomic E-state index is 12.4. The fourth-order valence-electron chi connectivity index (χ4n) is 2.50. The van der Waals surface area contributed by atoms with Crippen molar-refractivity contribution in [3.63, 3.8) is 0 Å². The second kappa shape index (κ2) is 6.06. The number of nitrogen functional groups attached to an aromatic ring is 1. The Kier molecular flexibility index (Phi) is 4.43. The van der Waals surface area contributed by atoms with Crippen LogP contribution in [0.3, 0.4) is 0 Å². The van der Waals surface area contributed by atoms with Crippen LogP contribution >= 0.6 is 0 Å². The van der Waals surface area contributed by atoms with Crippen LogP contribution < -0.4 is 5.73 Å². The second-order valence-electron chi connectivity index (χ2n) is 5.17. The maximum atomic E-state index is 12.4. The monoisotopic (exact) mass is 262 g/mol. The lowest BCUT2D eigenvalue weighted by atomic mass is 10.0. The Morgan fingerprint density at radius 2 is 2.32 bits per heavy atom. The van der Waals surface area contributed by atoms with Crippen LogP contribution in [0.25, 0.3) is 0 Å². The molecule has 1 saturated heterocycles. The van der Waals surface area contributed by atoms with Crippen LogP contribution in [0, 0.1) is 5.92 Å². The molecule has 0 radical (unpaired) electrons. The van der Waals surface area contributed by atoms with Gasteiger partial charge in [-0.15, -0.1) is 0 Å². The number of hydrogen-bond acceptors (Lipinski definition) is 3. The molecule has 19 heavy (non-hydrogen) atoms. The molecule has 0 aromatic heterocycles. The zero-order valence-electron chi connectivity index (χ0n) is 11.6. The number of carbonyl (C=O) groups excluding carboxylic acids is 1. The van der Waals surface area contributed by atoms with E-state index in [1.54, 1.807) is 0 Å². The lowest BCUT2D eigenvalue weighted by Gasteiger charge is -2.24. The normalized spacial score (nSPS) is 22.4.